The summed E-state index contributed by atoms with van der Waals surface area (Å²) in [5, 5.41) is 9.62. The molecule has 2 aromatic heterocycles. The predicted molar refractivity (Wildman–Crippen MR) is 99.0 cm³/mol. The summed E-state index contributed by atoms with van der Waals surface area (Å²) >= 11 is 0. The van der Waals surface area contributed by atoms with Gasteiger partial charge in [-0.15, -0.1) is 0 Å². The van der Waals surface area contributed by atoms with Crippen LogP contribution < -0.4 is 4.90 Å². The molecule has 0 aliphatic carbocycles. The SMILES string of the molecule is Cn1c(/C(C#N)=C\c2ccc(N3CCCCC3)o2)nc2ccccc21. The molecule has 1 aliphatic rings. The third-order valence-electron chi connectivity index (χ3n) is 4.72. The molecule has 0 unspecified atom stereocenters. The maximum Gasteiger partial charge on any atom is 0.196 e. The second-order valence-electron chi connectivity index (χ2n) is 6.38. The molecule has 3 heterocycles. The van der Waals surface area contributed by atoms with Crippen LogP contribution in [0.15, 0.2) is 40.8 Å². The molecule has 0 atom stereocenters. The van der Waals surface area contributed by atoms with E-state index in [0.29, 0.717) is 17.2 Å². The standard InChI is InChI=1S/C20H20N4O/c1-23-18-8-4-3-7-17(18)22-20(23)15(14-21)13-16-9-10-19(25-16)24-11-5-2-6-12-24/h3-4,7-10,13H,2,5-6,11-12H2,1H3/b15-13-. The molecule has 0 N–H and O–H groups in total. The fraction of sp³-hybridized carbons (Fsp3) is 0.300. The summed E-state index contributed by atoms with van der Waals surface area (Å²) < 4.78 is 7.90. The third-order valence-corrected chi connectivity index (χ3v) is 4.72. The molecule has 5 nitrogen and oxygen atoms in total. The van der Waals surface area contributed by atoms with E-state index in [1.807, 2.05) is 48.0 Å². The first-order valence-corrected chi connectivity index (χ1v) is 8.64. The molecule has 0 spiro atoms. The summed E-state index contributed by atoms with van der Waals surface area (Å²) in [6.07, 6.45) is 5.47. The number of anilines is 1. The van der Waals surface area contributed by atoms with Crippen molar-refractivity contribution in [2.24, 2.45) is 7.05 Å². The number of fused-ring (bicyclic) bond motifs is 1. The molecular weight excluding hydrogens is 312 g/mol. The zero-order valence-corrected chi connectivity index (χ0v) is 14.3. The van der Waals surface area contributed by atoms with Gasteiger partial charge >= 0.3 is 0 Å². The minimum Gasteiger partial charge on any atom is -0.441 e. The molecule has 1 saturated heterocycles. The first kappa shape index (κ1) is 15.5. The summed E-state index contributed by atoms with van der Waals surface area (Å²) in [7, 11) is 1.93. The quantitative estimate of drug-likeness (QED) is 0.674. The summed E-state index contributed by atoms with van der Waals surface area (Å²) in [4.78, 5) is 6.86. The lowest BCUT2D eigenvalue weighted by atomic mass is 10.1. The van der Waals surface area contributed by atoms with Gasteiger partial charge in [-0.25, -0.2) is 4.98 Å². The van der Waals surface area contributed by atoms with Crippen molar-refractivity contribution in [2.45, 2.75) is 19.3 Å². The van der Waals surface area contributed by atoms with Crippen LogP contribution in [-0.4, -0.2) is 22.6 Å². The van der Waals surface area contributed by atoms with Crippen molar-refractivity contribution in [1.29, 1.82) is 5.26 Å². The van der Waals surface area contributed by atoms with Crippen LogP contribution in [0.5, 0.6) is 0 Å². The number of imidazole rings is 1. The van der Waals surface area contributed by atoms with Gasteiger partial charge in [0.1, 0.15) is 11.8 Å². The Morgan fingerprint density at radius 3 is 2.72 bits per heavy atom. The lowest BCUT2D eigenvalue weighted by molar-refractivity contribution is 0.496. The molecule has 1 aromatic carbocycles. The molecule has 0 amide bonds. The zero-order chi connectivity index (χ0) is 17.2. The zero-order valence-electron chi connectivity index (χ0n) is 14.3. The predicted octanol–water partition coefficient (Wildman–Crippen LogP) is 4.22. The number of aromatic nitrogens is 2. The normalized spacial score (nSPS) is 15.5. The Balaban J connectivity index is 1.67. The van der Waals surface area contributed by atoms with Crippen LogP contribution in [0.4, 0.5) is 5.88 Å². The number of hydrogen-bond donors (Lipinski definition) is 0. The largest absolute Gasteiger partial charge is 0.441 e. The average molecular weight is 332 g/mol. The topological polar surface area (TPSA) is 58.0 Å². The fourth-order valence-electron chi connectivity index (χ4n) is 3.38. The molecule has 0 bridgehead atoms. The van der Waals surface area contributed by atoms with Gasteiger partial charge in [0.05, 0.1) is 16.6 Å². The summed E-state index contributed by atoms with van der Waals surface area (Å²) in [6.45, 7) is 2.07. The number of nitrogens with zero attached hydrogens (tertiary/aromatic N) is 4. The van der Waals surface area contributed by atoms with E-state index in [2.05, 4.69) is 16.0 Å². The van der Waals surface area contributed by atoms with Gasteiger partial charge in [0, 0.05) is 32.3 Å². The van der Waals surface area contributed by atoms with Gasteiger partial charge in [0.15, 0.2) is 11.7 Å². The first-order valence-electron chi connectivity index (χ1n) is 8.64. The minimum absolute atomic E-state index is 0.498. The maximum absolute atomic E-state index is 9.62. The summed E-state index contributed by atoms with van der Waals surface area (Å²) in [5.41, 5.74) is 2.39. The fourth-order valence-corrected chi connectivity index (χ4v) is 3.38. The number of allylic oxidation sites excluding steroid dienone is 1. The highest BCUT2D eigenvalue weighted by Crippen LogP contribution is 2.26. The van der Waals surface area contributed by atoms with Gasteiger partial charge in [-0.3, -0.25) is 0 Å². The second-order valence-corrected chi connectivity index (χ2v) is 6.38. The molecule has 1 aliphatic heterocycles. The Morgan fingerprint density at radius 2 is 1.96 bits per heavy atom. The lowest BCUT2D eigenvalue weighted by Gasteiger charge is -2.25. The van der Waals surface area contributed by atoms with Crippen LogP contribution in [-0.2, 0) is 7.05 Å². The molecule has 0 radical (unpaired) electrons. The van der Waals surface area contributed by atoms with Crippen LogP contribution in [0.2, 0.25) is 0 Å². The van der Waals surface area contributed by atoms with Gasteiger partial charge in [-0.2, -0.15) is 5.26 Å². The van der Waals surface area contributed by atoms with Gasteiger partial charge in [-0.05, 0) is 37.5 Å². The third kappa shape index (κ3) is 2.91. The smallest absolute Gasteiger partial charge is 0.196 e. The Labute approximate surface area is 146 Å². The van der Waals surface area contributed by atoms with Gasteiger partial charge in [-0.1, -0.05) is 12.1 Å². The maximum atomic E-state index is 9.62. The van der Waals surface area contributed by atoms with Crippen LogP contribution in [0.25, 0.3) is 22.7 Å². The Hall–Kier alpha value is -3.00. The first-order chi connectivity index (χ1) is 12.3. The molecule has 126 valence electrons. The van der Waals surface area contributed by atoms with Crippen LogP contribution in [0.3, 0.4) is 0 Å². The highest BCUT2D eigenvalue weighted by atomic mass is 16.4. The molecule has 25 heavy (non-hydrogen) atoms. The van der Waals surface area contributed by atoms with Crippen molar-refractivity contribution in [3.63, 3.8) is 0 Å². The van der Waals surface area contributed by atoms with E-state index >= 15 is 0 Å². The van der Waals surface area contributed by atoms with E-state index in [4.69, 9.17) is 4.42 Å². The summed E-state index contributed by atoms with van der Waals surface area (Å²) in [6, 6.07) is 14.0. The molecule has 1 fully saturated rings. The van der Waals surface area contributed by atoms with Crippen molar-refractivity contribution in [3.8, 4) is 6.07 Å². The highest BCUT2D eigenvalue weighted by molar-refractivity contribution is 5.90. The number of hydrogen-bond acceptors (Lipinski definition) is 4. The summed E-state index contributed by atoms with van der Waals surface area (Å²) in [5.74, 6) is 2.22. The van der Waals surface area contributed by atoms with E-state index in [9.17, 15) is 5.26 Å². The van der Waals surface area contributed by atoms with E-state index in [1.165, 1.54) is 19.3 Å². The Bertz CT molecular complexity index is 967. The van der Waals surface area contributed by atoms with E-state index < -0.39 is 0 Å². The van der Waals surface area contributed by atoms with E-state index in [0.717, 1.165) is 30.0 Å². The number of aryl methyl sites for hydroxylation is 1. The number of para-hydroxylation sites is 2. The Kier molecular flexibility index (Phi) is 4.02. The van der Waals surface area contributed by atoms with Crippen LogP contribution >= 0.6 is 0 Å². The monoisotopic (exact) mass is 332 g/mol. The van der Waals surface area contributed by atoms with Crippen molar-refractivity contribution in [2.75, 3.05) is 18.0 Å². The number of rotatable bonds is 3. The van der Waals surface area contributed by atoms with Crippen molar-refractivity contribution in [3.05, 3.63) is 48.0 Å². The molecule has 0 saturated carbocycles. The van der Waals surface area contributed by atoms with Crippen LogP contribution in [0.1, 0.15) is 30.8 Å². The average Bonchev–Trinajstić information content (AvgIpc) is 3.26. The van der Waals surface area contributed by atoms with Crippen LogP contribution in [0, 0.1) is 11.3 Å². The number of piperidine rings is 1. The number of furan rings is 1. The molecule has 4 rings (SSSR count). The van der Waals surface area contributed by atoms with E-state index in [1.54, 1.807) is 6.08 Å². The van der Waals surface area contributed by atoms with Crippen molar-refractivity contribution in [1.82, 2.24) is 9.55 Å². The van der Waals surface area contributed by atoms with Crippen molar-refractivity contribution >= 4 is 28.6 Å². The second kappa shape index (κ2) is 6.48. The Morgan fingerprint density at radius 1 is 1.16 bits per heavy atom. The minimum atomic E-state index is 0.498. The lowest BCUT2D eigenvalue weighted by Crippen LogP contribution is -2.28. The highest BCUT2D eigenvalue weighted by Gasteiger charge is 2.16. The number of nitriles is 1. The molecule has 5 heteroatoms. The molecular formula is C20H20N4O. The van der Waals surface area contributed by atoms with Gasteiger partial charge in [0.2, 0.25) is 0 Å². The molecule has 3 aromatic rings. The van der Waals surface area contributed by atoms with Crippen molar-refractivity contribution < 1.29 is 4.42 Å². The van der Waals surface area contributed by atoms with Gasteiger partial charge < -0.3 is 13.9 Å². The van der Waals surface area contributed by atoms with Gasteiger partial charge in [0.25, 0.3) is 0 Å². The van der Waals surface area contributed by atoms with E-state index in [-0.39, 0.29) is 0 Å². The number of benzene rings is 1.